The van der Waals surface area contributed by atoms with Gasteiger partial charge in [-0.05, 0) is 18.2 Å². The molecule has 0 unspecified atom stereocenters. The van der Waals surface area contributed by atoms with Crippen LogP contribution in [0.3, 0.4) is 0 Å². The van der Waals surface area contributed by atoms with Crippen LogP contribution in [0, 0.1) is 0 Å². The van der Waals surface area contributed by atoms with Gasteiger partial charge in [0, 0.05) is 0 Å². The molecule has 0 fully saturated rings. The molecule has 0 aliphatic carbocycles. The molecule has 0 saturated carbocycles. The van der Waals surface area contributed by atoms with Crippen molar-refractivity contribution in [3.8, 4) is 5.75 Å². The van der Waals surface area contributed by atoms with Crippen molar-refractivity contribution < 1.29 is 24.2 Å². The van der Waals surface area contributed by atoms with E-state index in [1.54, 1.807) is 6.07 Å². The quantitative estimate of drug-likeness (QED) is 0.698. The van der Waals surface area contributed by atoms with Gasteiger partial charge in [-0.2, -0.15) is 0 Å². The number of carboxylic acid groups (broad SMARTS) is 1. The molecular weight excluding hydrogens is 240 g/mol. The Labute approximate surface area is 103 Å². The lowest BCUT2D eigenvalue weighted by Gasteiger charge is -2.06. The van der Waals surface area contributed by atoms with Crippen molar-refractivity contribution in [2.75, 3.05) is 6.61 Å². The smallest absolute Gasteiger partial charge is 0.335 e. The van der Waals surface area contributed by atoms with Crippen LogP contribution < -0.4 is 15.8 Å². The summed E-state index contributed by atoms with van der Waals surface area (Å²) in [6.07, 6.45) is -0.0553. The third-order valence-corrected chi connectivity index (χ3v) is 1.94. The highest BCUT2D eigenvalue weighted by Gasteiger charge is 2.06. The normalized spacial score (nSPS) is 9.56. The molecule has 0 radical (unpaired) electrons. The van der Waals surface area contributed by atoms with Gasteiger partial charge in [0.25, 0.3) is 0 Å². The molecule has 0 heterocycles. The molecule has 3 amide bonds. The average Bonchev–Trinajstić information content (AvgIpc) is 2.28. The zero-order chi connectivity index (χ0) is 13.5. The van der Waals surface area contributed by atoms with Crippen LogP contribution in [0.4, 0.5) is 4.79 Å². The molecule has 1 rings (SSSR count). The van der Waals surface area contributed by atoms with Gasteiger partial charge in [0.1, 0.15) is 5.75 Å². The number of rotatable bonds is 5. The van der Waals surface area contributed by atoms with Crippen molar-refractivity contribution in [1.29, 1.82) is 0 Å². The SMILES string of the molecule is NC(=O)NC(=O)CCOc1cccc(C(=O)O)c1. The standard InChI is InChI=1S/C11H12N2O5/c12-11(17)13-9(14)4-5-18-8-3-1-2-7(6-8)10(15)16/h1-3,6H,4-5H2,(H,15,16)(H3,12,13,14,17). The van der Waals surface area contributed by atoms with E-state index in [-0.39, 0.29) is 18.6 Å². The molecule has 1 aromatic rings. The summed E-state index contributed by atoms with van der Waals surface area (Å²) in [6, 6.07) is 4.94. The van der Waals surface area contributed by atoms with Crippen molar-refractivity contribution in [3.63, 3.8) is 0 Å². The van der Waals surface area contributed by atoms with E-state index in [9.17, 15) is 14.4 Å². The molecule has 0 aliphatic rings. The number of imide groups is 1. The number of carbonyl (C=O) groups excluding carboxylic acids is 2. The number of benzene rings is 1. The molecular formula is C11H12N2O5. The van der Waals surface area contributed by atoms with E-state index in [0.717, 1.165) is 0 Å². The van der Waals surface area contributed by atoms with Crippen LogP contribution in [-0.2, 0) is 4.79 Å². The fraction of sp³-hybridized carbons (Fsp3) is 0.182. The first-order chi connectivity index (χ1) is 8.49. The number of carboxylic acids is 1. The Hall–Kier alpha value is -2.57. The number of hydrogen-bond donors (Lipinski definition) is 3. The van der Waals surface area contributed by atoms with E-state index in [0.29, 0.717) is 5.75 Å². The monoisotopic (exact) mass is 252 g/mol. The second-order valence-electron chi connectivity index (χ2n) is 3.34. The minimum absolute atomic E-state index is 0.0161. The number of aromatic carboxylic acids is 1. The Morgan fingerprint density at radius 3 is 2.67 bits per heavy atom. The molecule has 7 heteroatoms. The minimum atomic E-state index is -1.06. The van der Waals surface area contributed by atoms with Crippen LogP contribution in [-0.4, -0.2) is 29.6 Å². The van der Waals surface area contributed by atoms with Gasteiger partial charge in [-0.1, -0.05) is 6.07 Å². The fourth-order valence-electron chi connectivity index (χ4n) is 1.18. The molecule has 0 saturated heterocycles. The van der Waals surface area contributed by atoms with E-state index in [1.807, 2.05) is 5.32 Å². The first kappa shape index (κ1) is 13.5. The summed E-state index contributed by atoms with van der Waals surface area (Å²) < 4.78 is 5.17. The van der Waals surface area contributed by atoms with Crippen LogP contribution in [0.2, 0.25) is 0 Å². The van der Waals surface area contributed by atoms with Crippen LogP contribution in [0.25, 0.3) is 0 Å². The lowest BCUT2D eigenvalue weighted by Crippen LogP contribution is -2.35. The Balaban J connectivity index is 2.44. The maximum atomic E-state index is 11.0. The molecule has 7 nitrogen and oxygen atoms in total. The largest absolute Gasteiger partial charge is 0.493 e. The molecule has 0 aromatic heterocycles. The second kappa shape index (κ2) is 6.24. The zero-order valence-corrected chi connectivity index (χ0v) is 9.38. The van der Waals surface area contributed by atoms with Gasteiger partial charge in [0.2, 0.25) is 5.91 Å². The lowest BCUT2D eigenvalue weighted by molar-refractivity contribution is -0.120. The summed E-state index contributed by atoms with van der Waals surface area (Å²) in [5, 5.41) is 10.6. The van der Waals surface area contributed by atoms with Gasteiger partial charge in [-0.3, -0.25) is 10.1 Å². The summed E-state index contributed by atoms with van der Waals surface area (Å²) in [6.45, 7) is 0.0161. The Kier molecular flexibility index (Phi) is 4.67. The van der Waals surface area contributed by atoms with Gasteiger partial charge < -0.3 is 15.6 Å². The summed E-state index contributed by atoms with van der Waals surface area (Å²) in [4.78, 5) is 32.1. The minimum Gasteiger partial charge on any atom is -0.493 e. The summed E-state index contributed by atoms with van der Waals surface area (Å²) >= 11 is 0. The van der Waals surface area contributed by atoms with Gasteiger partial charge in [-0.15, -0.1) is 0 Å². The molecule has 0 aliphatic heterocycles. The van der Waals surface area contributed by atoms with Crippen LogP contribution in [0.1, 0.15) is 16.8 Å². The highest BCUT2D eigenvalue weighted by molar-refractivity contribution is 5.93. The highest BCUT2D eigenvalue weighted by atomic mass is 16.5. The molecule has 18 heavy (non-hydrogen) atoms. The number of urea groups is 1. The van der Waals surface area contributed by atoms with E-state index in [2.05, 4.69) is 0 Å². The van der Waals surface area contributed by atoms with E-state index in [4.69, 9.17) is 15.6 Å². The molecule has 96 valence electrons. The summed E-state index contributed by atoms with van der Waals surface area (Å²) in [5.41, 5.74) is 4.84. The van der Waals surface area contributed by atoms with Gasteiger partial charge in [-0.25, -0.2) is 9.59 Å². The fourth-order valence-corrected chi connectivity index (χ4v) is 1.18. The van der Waals surface area contributed by atoms with Crippen LogP contribution in [0.5, 0.6) is 5.75 Å². The Bertz CT molecular complexity index is 472. The van der Waals surface area contributed by atoms with Gasteiger partial charge >= 0.3 is 12.0 Å². The average molecular weight is 252 g/mol. The summed E-state index contributed by atoms with van der Waals surface area (Å²) in [5.74, 6) is -1.29. The molecule has 0 bridgehead atoms. The lowest BCUT2D eigenvalue weighted by atomic mass is 10.2. The maximum Gasteiger partial charge on any atom is 0.335 e. The van der Waals surface area contributed by atoms with Crippen molar-refractivity contribution in [2.24, 2.45) is 5.73 Å². The number of ether oxygens (including phenoxy) is 1. The first-order valence-electron chi connectivity index (χ1n) is 5.04. The molecule has 4 N–H and O–H groups in total. The predicted molar refractivity (Wildman–Crippen MR) is 61.2 cm³/mol. The van der Waals surface area contributed by atoms with Crippen molar-refractivity contribution >= 4 is 17.9 Å². The zero-order valence-electron chi connectivity index (χ0n) is 9.38. The number of amides is 3. The van der Waals surface area contributed by atoms with Crippen molar-refractivity contribution in [2.45, 2.75) is 6.42 Å². The van der Waals surface area contributed by atoms with Crippen molar-refractivity contribution in [1.82, 2.24) is 5.32 Å². The third kappa shape index (κ3) is 4.52. The first-order valence-corrected chi connectivity index (χ1v) is 5.04. The van der Waals surface area contributed by atoms with E-state index >= 15 is 0 Å². The topological polar surface area (TPSA) is 119 Å². The molecule has 1 aromatic carbocycles. The maximum absolute atomic E-state index is 11.0. The number of hydrogen-bond acceptors (Lipinski definition) is 4. The summed E-state index contributed by atoms with van der Waals surface area (Å²) in [7, 11) is 0. The molecule has 0 spiro atoms. The van der Waals surface area contributed by atoms with Crippen LogP contribution >= 0.6 is 0 Å². The Morgan fingerprint density at radius 1 is 1.33 bits per heavy atom. The van der Waals surface area contributed by atoms with E-state index in [1.165, 1.54) is 18.2 Å². The second-order valence-corrected chi connectivity index (χ2v) is 3.34. The van der Waals surface area contributed by atoms with Gasteiger partial charge in [0.15, 0.2) is 0 Å². The predicted octanol–water partition coefficient (Wildman–Crippen LogP) is 0.349. The number of primary amides is 1. The molecule has 0 atom stereocenters. The number of nitrogens with one attached hydrogen (secondary N) is 1. The van der Waals surface area contributed by atoms with Crippen molar-refractivity contribution in [3.05, 3.63) is 29.8 Å². The third-order valence-electron chi connectivity index (χ3n) is 1.94. The van der Waals surface area contributed by atoms with E-state index < -0.39 is 17.9 Å². The number of carbonyl (C=O) groups is 3. The van der Waals surface area contributed by atoms with Crippen LogP contribution in [0.15, 0.2) is 24.3 Å². The Morgan fingerprint density at radius 2 is 2.06 bits per heavy atom. The van der Waals surface area contributed by atoms with Gasteiger partial charge in [0.05, 0.1) is 18.6 Å². The highest BCUT2D eigenvalue weighted by Crippen LogP contribution is 2.13. The number of nitrogens with two attached hydrogens (primary N) is 1.